The van der Waals surface area contributed by atoms with Crippen molar-refractivity contribution >= 4 is 0 Å². The summed E-state index contributed by atoms with van der Waals surface area (Å²) in [5.41, 5.74) is 3.17. The molecule has 2 saturated heterocycles. The summed E-state index contributed by atoms with van der Waals surface area (Å²) in [6.45, 7) is 9.68. The van der Waals surface area contributed by atoms with Crippen LogP contribution in [0, 0.1) is 5.41 Å². The van der Waals surface area contributed by atoms with Gasteiger partial charge in [0, 0.05) is 44.7 Å². The highest BCUT2D eigenvalue weighted by Gasteiger charge is 2.41. The highest BCUT2D eigenvalue weighted by atomic mass is 16.5. The molecule has 2 fully saturated rings. The van der Waals surface area contributed by atoms with Crippen molar-refractivity contribution in [3.8, 4) is 0 Å². The van der Waals surface area contributed by atoms with Gasteiger partial charge in [-0.1, -0.05) is 37.3 Å². The fraction of sp³-hybridized carbons (Fsp3) is 0.583. The van der Waals surface area contributed by atoms with Crippen LogP contribution in [0.3, 0.4) is 0 Å². The first-order chi connectivity index (χ1) is 14.2. The Labute approximate surface area is 175 Å². The Bertz CT molecular complexity index is 756. The van der Waals surface area contributed by atoms with Crippen LogP contribution in [0.25, 0.3) is 0 Å². The minimum atomic E-state index is 0.462. The van der Waals surface area contributed by atoms with Crippen LogP contribution in [0.4, 0.5) is 0 Å². The van der Waals surface area contributed by atoms with Gasteiger partial charge in [0.15, 0.2) is 5.82 Å². The molecule has 3 heterocycles. The van der Waals surface area contributed by atoms with Crippen LogP contribution >= 0.6 is 0 Å². The second-order valence-electron chi connectivity index (χ2n) is 8.86. The smallest absolute Gasteiger partial charge is 0.153 e. The number of likely N-dealkylation sites (tertiary alicyclic amines) is 2. The summed E-state index contributed by atoms with van der Waals surface area (Å²) in [5.74, 6) is 1.42. The average molecular weight is 395 g/mol. The molecular weight excluding hydrogens is 360 g/mol. The molecule has 0 radical (unpaired) electrons. The van der Waals surface area contributed by atoms with Gasteiger partial charge in [0.1, 0.15) is 6.61 Å². The summed E-state index contributed by atoms with van der Waals surface area (Å²) in [4.78, 5) is 14.1. The van der Waals surface area contributed by atoms with Crippen LogP contribution in [0.1, 0.15) is 49.1 Å². The van der Waals surface area contributed by atoms with Gasteiger partial charge in [-0.05, 0) is 55.8 Å². The number of rotatable bonds is 6. The number of nitrogens with zero attached hydrogens (tertiary/aromatic N) is 4. The SMILES string of the molecule is CCN1C[C@H](c2ccccc2)CC2(CCN(Cc3cnc(COC)nc3)CC2)C1. The van der Waals surface area contributed by atoms with Crippen LogP contribution in [-0.2, 0) is 17.9 Å². The Morgan fingerprint density at radius 1 is 1.07 bits per heavy atom. The molecule has 5 heteroatoms. The molecule has 0 amide bonds. The molecule has 0 aliphatic carbocycles. The summed E-state index contributed by atoms with van der Waals surface area (Å²) < 4.78 is 5.10. The van der Waals surface area contributed by atoms with E-state index in [4.69, 9.17) is 4.74 Å². The van der Waals surface area contributed by atoms with E-state index in [1.807, 2.05) is 12.4 Å². The van der Waals surface area contributed by atoms with Crippen LogP contribution in [0.2, 0.25) is 0 Å². The van der Waals surface area contributed by atoms with E-state index in [1.54, 1.807) is 7.11 Å². The monoisotopic (exact) mass is 394 g/mol. The van der Waals surface area contributed by atoms with Crippen molar-refractivity contribution in [3.63, 3.8) is 0 Å². The largest absolute Gasteiger partial charge is 0.377 e. The number of hydrogen-bond acceptors (Lipinski definition) is 5. The Morgan fingerprint density at radius 3 is 2.45 bits per heavy atom. The average Bonchev–Trinajstić information content (AvgIpc) is 2.77. The Morgan fingerprint density at radius 2 is 1.79 bits per heavy atom. The molecule has 0 bridgehead atoms. The van der Waals surface area contributed by atoms with E-state index in [9.17, 15) is 0 Å². The topological polar surface area (TPSA) is 41.5 Å². The molecular formula is C24H34N4O. The fourth-order valence-electron chi connectivity index (χ4n) is 5.16. The zero-order valence-corrected chi connectivity index (χ0v) is 17.9. The molecule has 2 aliphatic rings. The number of hydrogen-bond donors (Lipinski definition) is 0. The first-order valence-corrected chi connectivity index (χ1v) is 11.0. The van der Waals surface area contributed by atoms with Crippen molar-refractivity contribution in [2.24, 2.45) is 5.41 Å². The third-order valence-electron chi connectivity index (χ3n) is 6.79. The van der Waals surface area contributed by atoms with E-state index in [0.717, 1.165) is 18.9 Å². The molecule has 29 heavy (non-hydrogen) atoms. The highest BCUT2D eigenvalue weighted by molar-refractivity contribution is 5.21. The summed E-state index contributed by atoms with van der Waals surface area (Å²) in [5, 5.41) is 0. The summed E-state index contributed by atoms with van der Waals surface area (Å²) >= 11 is 0. The maximum Gasteiger partial charge on any atom is 0.153 e. The molecule has 0 unspecified atom stereocenters. The van der Waals surface area contributed by atoms with Gasteiger partial charge in [-0.3, -0.25) is 4.90 Å². The lowest BCUT2D eigenvalue weighted by Gasteiger charge is -2.50. The third-order valence-corrected chi connectivity index (χ3v) is 6.79. The van der Waals surface area contributed by atoms with Gasteiger partial charge >= 0.3 is 0 Å². The predicted molar refractivity (Wildman–Crippen MR) is 116 cm³/mol. The molecule has 0 saturated carbocycles. The number of benzene rings is 1. The second kappa shape index (κ2) is 9.33. The van der Waals surface area contributed by atoms with Crippen molar-refractivity contribution in [3.05, 3.63) is 59.7 Å². The van der Waals surface area contributed by atoms with Crippen molar-refractivity contribution in [2.45, 2.75) is 45.3 Å². The van der Waals surface area contributed by atoms with Gasteiger partial charge in [0.05, 0.1) is 0 Å². The summed E-state index contributed by atoms with van der Waals surface area (Å²) in [7, 11) is 1.67. The number of piperidine rings is 2. The molecule has 156 valence electrons. The molecule has 2 aliphatic heterocycles. The third kappa shape index (κ3) is 5.03. The fourth-order valence-corrected chi connectivity index (χ4v) is 5.16. The first-order valence-electron chi connectivity index (χ1n) is 11.0. The predicted octanol–water partition coefficient (Wildman–Crippen LogP) is 3.71. The summed E-state index contributed by atoms with van der Waals surface area (Å²) in [6.07, 6.45) is 7.81. The molecule has 1 aromatic carbocycles. The minimum absolute atomic E-state index is 0.462. The lowest BCUT2D eigenvalue weighted by molar-refractivity contribution is 0.0137. The first kappa shape index (κ1) is 20.5. The number of methoxy groups -OCH3 is 1. The van der Waals surface area contributed by atoms with Gasteiger partial charge in [-0.25, -0.2) is 9.97 Å². The molecule has 1 atom stereocenters. The van der Waals surface area contributed by atoms with Crippen LogP contribution in [0.5, 0.6) is 0 Å². The van der Waals surface area contributed by atoms with E-state index in [0.29, 0.717) is 17.9 Å². The quantitative estimate of drug-likeness (QED) is 0.747. The van der Waals surface area contributed by atoms with Gasteiger partial charge in [-0.15, -0.1) is 0 Å². The molecule has 1 spiro atoms. The molecule has 0 N–H and O–H groups in total. The van der Waals surface area contributed by atoms with Gasteiger partial charge < -0.3 is 9.64 Å². The van der Waals surface area contributed by atoms with Crippen molar-refractivity contribution in [1.29, 1.82) is 0 Å². The van der Waals surface area contributed by atoms with Crippen molar-refractivity contribution in [1.82, 2.24) is 19.8 Å². The Balaban J connectivity index is 1.37. The summed E-state index contributed by atoms with van der Waals surface area (Å²) in [6, 6.07) is 11.1. The number of likely N-dealkylation sites (N-methyl/N-ethyl adjacent to an activating group) is 1. The molecule has 4 rings (SSSR count). The van der Waals surface area contributed by atoms with E-state index in [2.05, 4.69) is 57.0 Å². The maximum absolute atomic E-state index is 5.10. The zero-order valence-electron chi connectivity index (χ0n) is 17.9. The van der Waals surface area contributed by atoms with Crippen LogP contribution in [-0.4, -0.2) is 59.6 Å². The number of ether oxygens (including phenoxy) is 1. The number of aromatic nitrogens is 2. The van der Waals surface area contributed by atoms with Crippen molar-refractivity contribution < 1.29 is 4.74 Å². The Hall–Kier alpha value is -1.82. The van der Waals surface area contributed by atoms with Crippen LogP contribution < -0.4 is 0 Å². The van der Waals surface area contributed by atoms with Gasteiger partial charge in [0.2, 0.25) is 0 Å². The minimum Gasteiger partial charge on any atom is -0.377 e. The van der Waals surface area contributed by atoms with E-state index < -0.39 is 0 Å². The maximum atomic E-state index is 5.10. The van der Waals surface area contributed by atoms with Gasteiger partial charge in [0.25, 0.3) is 0 Å². The lowest BCUT2D eigenvalue weighted by Crippen LogP contribution is -2.51. The Kier molecular flexibility index (Phi) is 6.58. The standard InChI is InChI=1S/C24H34N4O/c1-3-27-17-22(21-7-5-4-6-8-21)13-24(19-27)9-11-28(12-10-24)16-20-14-25-23(18-29-2)26-15-20/h4-8,14-15,22H,3,9-13,16-19H2,1-2H3/t22-/m1/s1. The molecule has 2 aromatic rings. The lowest BCUT2D eigenvalue weighted by atomic mass is 9.68. The van der Waals surface area contributed by atoms with Crippen molar-refractivity contribution in [2.75, 3.05) is 39.8 Å². The zero-order chi connectivity index (χ0) is 20.1. The molecule has 1 aromatic heterocycles. The van der Waals surface area contributed by atoms with Gasteiger partial charge in [-0.2, -0.15) is 0 Å². The van der Waals surface area contributed by atoms with E-state index >= 15 is 0 Å². The van der Waals surface area contributed by atoms with E-state index in [-0.39, 0.29) is 0 Å². The molecule has 5 nitrogen and oxygen atoms in total. The normalized spacial score (nSPS) is 22.8. The highest BCUT2D eigenvalue weighted by Crippen LogP contribution is 2.45. The van der Waals surface area contributed by atoms with Crippen LogP contribution in [0.15, 0.2) is 42.7 Å². The second-order valence-corrected chi connectivity index (χ2v) is 8.86. The van der Waals surface area contributed by atoms with E-state index in [1.165, 1.54) is 56.6 Å².